The molecule has 37 heavy (non-hydrogen) atoms. The summed E-state index contributed by atoms with van der Waals surface area (Å²) in [5, 5.41) is 6.44. The first-order chi connectivity index (χ1) is 18.0. The number of nitrogens with one attached hydrogen (secondary N) is 2. The smallest absolute Gasteiger partial charge is 0.234 e. The zero-order valence-electron chi connectivity index (χ0n) is 19.6. The summed E-state index contributed by atoms with van der Waals surface area (Å²) in [5.41, 5.74) is 4.62. The number of rotatable bonds is 8. The molecule has 0 bridgehead atoms. The number of anilines is 2. The van der Waals surface area contributed by atoms with Crippen LogP contribution < -0.4 is 10.6 Å². The first kappa shape index (κ1) is 24.6. The van der Waals surface area contributed by atoms with E-state index in [-0.39, 0.29) is 24.0 Å². The molecule has 5 aromatic rings. The van der Waals surface area contributed by atoms with E-state index in [9.17, 15) is 9.59 Å². The predicted molar refractivity (Wildman–Crippen MR) is 149 cm³/mol. The Kier molecular flexibility index (Phi) is 7.54. The van der Waals surface area contributed by atoms with Gasteiger partial charge >= 0.3 is 0 Å². The van der Waals surface area contributed by atoms with Crippen LogP contribution >= 0.6 is 23.4 Å². The lowest BCUT2D eigenvalue weighted by molar-refractivity contribution is -0.115. The molecule has 0 aliphatic rings. The lowest BCUT2D eigenvalue weighted by Gasteiger charge is -2.08. The number of nitrogens with zero attached hydrogens (tertiary/aromatic N) is 1. The molecule has 0 saturated heterocycles. The number of fused-ring (bicyclic) bond motifs is 1. The average molecular weight is 528 g/mol. The molecular weight excluding hydrogens is 506 g/mol. The Hall–Kier alpha value is -4.07. The SMILES string of the molecule is O=C(CSc1cccc(NC(=O)Cc2ccc(Cl)cc2)c1)Nc1ccc(-c2nc3ccccc3o2)cc1. The highest BCUT2D eigenvalue weighted by Gasteiger charge is 2.10. The zero-order valence-corrected chi connectivity index (χ0v) is 21.2. The maximum atomic E-state index is 12.5. The molecule has 0 saturated carbocycles. The Balaban J connectivity index is 1.12. The van der Waals surface area contributed by atoms with Gasteiger partial charge < -0.3 is 15.1 Å². The van der Waals surface area contributed by atoms with Crippen molar-refractivity contribution in [3.05, 3.63) is 108 Å². The zero-order chi connectivity index (χ0) is 25.6. The molecule has 1 heterocycles. The van der Waals surface area contributed by atoms with Crippen molar-refractivity contribution in [1.82, 2.24) is 4.98 Å². The van der Waals surface area contributed by atoms with Gasteiger partial charge in [0.05, 0.1) is 12.2 Å². The Bertz CT molecular complexity index is 1520. The van der Waals surface area contributed by atoms with Gasteiger partial charge in [0.2, 0.25) is 17.7 Å². The third kappa shape index (κ3) is 6.58. The predicted octanol–water partition coefficient (Wildman–Crippen LogP) is 7.06. The minimum Gasteiger partial charge on any atom is -0.436 e. The summed E-state index contributed by atoms with van der Waals surface area (Å²) >= 11 is 7.29. The summed E-state index contributed by atoms with van der Waals surface area (Å²) in [5.74, 6) is 0.518. The first-order valence-electron chi connectivity index (χ1n) is 11.5. The van der Waals surface area contributed by atoms with Gasteiger partial charge in [0, 0.05) is 26.9 Å². The molecular formula is C29H22ClN3O3S. The van der Waals surface area contributed by atoms with Gasteiger partial charge in [0.25, 0.3) is 0 Å². The van der Waals surface area contributed by atoms with Crippen LogP contribution in [0.1, 0.15) is 5.56 Å². The van der Waals surface area contributed by atoms with E-state index < -0.39 is 0 Å². The first-order valence-corrected chi connectivity index (χ1v) is 12.9. The van der Waals surface area contributed by atoms with Crippen LogP contribution in [0.25, 0.3) is 22.6 Å². The fraction of sp³-hybridized carbons (Fsp3) is 0.0690. The van der Waals surface area contributed by atoms with Crippen molar-refractivity contribution >= 4 is 57.7 Å². The maximum Gasteiger partial charge on any atom is 0.234 e. The fourth-order valence-electron chi connectivity index (χ4n) is 3.69. The molecule has 0 aliphatic carbocycles. The molecule has 8 heteroatoms. The summed E-state index contributed by atoms with van der Waals surface area (Å²) in [4.78, 5) is 30.3. The van der Waals surface area contributed by atoms with Crippen LogP contribution in [0, 0.1) is 0 Å². The molecule has 0 aliphatic heterocycles. The standard InChI is InChI=1S/C29H22ClN3O3S/c30-21-12-8-19(9-13-21)16-27(34)32-23-4-3-5-24(17-23)37-18-28(35)31-22-14-10-20(11-15-22)29-33-25-6-1-2-7-26(25)36-29/h1-15,17H,16,18H2,(H,31,35)(H,32,34). The Morgan fingerprint density at radius 1 is 0.811 bits per heavy atom. The van der Waals surface area contributed by atoms with Gasteiger partial charge in [-0.05, 0) is 72.3 Å². The molecule has 184 valence electrons. The summed E-state index contributed by atoms with van der Waals surface area (Å²) < 4.78 is 5.80. The highest BCUT2D eigenvalue weighted by Crippen LogP contribution is 2.26. The lowest BCUT2D eigenvalue weighted by atomic mass is 10.1. The minimum atomic E-state index is -0.128. The minimum absolute atomic E-state index is 0.122. The number of carbonyl (C=O) groups is 2. The third-order valence-corrected chi connectivity index (χ3v) is 6.72. The van der Waals surface area contributed by atoms with Gasteiger partial charge in [0.1, 0.15) is 5.52 Å². The topological polar surface area (TPSA) is 84.2 Å². The van der Waals surface area contributed by atoms with Crippen molar-refractivity contribution < 1.29 is 14.0 Å². The molecule has 2 N–H and O–H groups in total. The molecule has 1 aromatic heterocycles. The Morgan fingerprint density at radius 2 is 1.57 bits per heavy atom. The summed E-state index contributed by atoms with van der Waals surface area (Å²) in [6.45, 7) is 0. The van der Waals surface area contributed by atoms with Crippen molar-refractivity contribution in [2.24, 2.45) is 0 Å². The maximum absolute atomic E-state index is 12.5. The second-order valence-electron chi connectivity index (χ2n) is 8.28. The second kappa shape index (κ2) is 11.3. The van der Waals surface area contributed by atoms with Crippen LogP contribution in [-0.4, -0.2) is 22.6 Å². The molecule has 0 radical (unpaired) electrons. The van der Waals surface area contributed by atoms with E-state index in [0.717, 1.165) is 27.1 Å². The molecule has 0 unspecified atom stereocenters. The molecule has 6 nitrogen and oxygen atoms in total. The molecule has 4 aromatic carbocycles. The number of benzene rings is 4. The van der Waals surface area contributed by atoms with Gasteiger partial charge in [-0.3, -0.25) is 9.59 Å². The van der Waals surface area contributed by atoms with Crippen molar-refractivity contribution in [1.29, 1.82) is 0 Å². The normalized spacial score (nSPS) is 10.8. The van der Waals surface area contributed by atoms with Crippen LogP contribution in [0.15, 0.2) is 106 Å². The molecule has 0 atom stereocenters. The van der Waals surface area contributed by atoms with E-state index in [1.54, 1.807) is 12.1 Å². The van der Waals surface area contributed by atoms with Gasteiger partial charge in [-0.1, -0.05) is 41.9 Å². The summed E-state index contributed by atoms with van der Waals surface area (Å²) in [6, 6.07) is 29.6. The van der Waals surface area contributed by atoms with E-state index >= 15 is 0 Å². The number of carbonyl (C=O) groups excluding carboxylic acids is 2. The molecule has 0 fully saturated rings. The van der Waals surface area contributed by atoms with Crippen molar-refractivity contribution in [3.63, 3.8) is 0 Å². The lowest BCUT2D eigenvalue weighted by Crippen LogP contribution is -2.15. The van der Waals surface area contributed by atoms with Crippen LogP contribution in [-0.2, 0) is 16.0 Å². The highest BCUT2D eigenvalue weighted by molar-refractivity contribution is 8.00. The second-order valence-corrected chi connectivity index (χ2v) is 9.77. The number of thioether (sulfide) groups is 1. The van der Waals surface area contributed by atoms with E-state index in [0.29, 0.717) is 22.3 Å². The number of aromatic nitrogens is 1. The van der Waals surface area contributed by atoms with E-state index in [1.165, 1.54) is 11.8 Å². The number of hydrogen-bond acceptors (Lipinski definition) is 5. The van der Waals surface area contributed by atoms with Gasteiger partial charge in [-0.15, -0.1) is 11.8 Å². The molecule has 0 spiro atoms. The van der Waals surface area contributed by atoms with Gasteiger partial charge in [0.15, 0.2) is 5.58 Å². The average Bonchev–Trinajstić information content (AvgIpc) is 3.34. The Morgan fingerprint density at radius 3 is 2.35 bits per heavy atom. The van der Waals surface area contributed by atoms with Crippen molar-refractivity contribution in [3.8, 4) is 11.5 Å². The van der Waals surface area contributed by atoms with E-state index in [2.05, 4.69) is 15.6 Å². The number of hydrogen-bond donors (Lipinski definition) is 2. The number of para-hydroxylation sites is 2. The number of halogens is 1. The summed E-state index contributed by atoms with van der Waals surface area (Å²) in [7, 11) is 0. The number of oxazole rings is 1. The van der Waals surface area contributed by atoms with E-state index in [4.69, 9.17) is 16.0 Å². The Labute approximate surface area is 223 Å². The number of amides is 2. The fourth-order valence-corrected chi connectivity index (χ4v) is 4.58. The largest absolute Gasteiger partial charge is 0.436 e. The van der Waals surface area contributed by atoms with Crippen LogP contribution in [0.2, 0.25) is 5.02 Å². The van der Waals surface area contributed by atoms with Crippen LogP contribution in [0.4, 0.5) is 11.4 Å². The van der Waals surface area contributed by atoms with Crippen LogP contribution in [0.5, 0.6) is 0 Å². The highest BCUT2D eigenvalue weighted by atomic mass is 35.5. The summed E-state index contributed by atoms with van der Waals surface area (Å²) in [6.07, 6.45) is 0.252. The third-order valence-electron chi connectivity index (χ3n) is 5.48. The van der Waals surface area contributed by atoms with Gasteiger partial charge in [-0.2, -0.15) is 0 Å². The van der Waals surface area contributed by atoms with Crippen molar-refractivity contribution in [2.45, 2.75) is 11.3 Å². The monoisotopic (exact) mass is 527 g/mol. The quantitative estimate of drug-likeness (QED) is 0.211. The molecule has 2 amide bonds. The van der Waals surface area contributed by atoms with Crippen LogP contribution in [0.3, 0.4) is 0 Å². The van der Waals surface area contributed by atoms with Crippen molar-refractivity contribution in [2.75, 3.05) is 16.4 Å². The van der Waals surface area contributed by atoms with E-state index in [1.807, 2.05) is 84.9 Å². The molecule has 5 rings (SSSR count). The van der Waals surface area contributed by atoms with Gasteiger partial charge in [-0.25, -0.2) is 4.98 Å².